The quantitative estimate of drug-likeness (QED) is 0.833. The summed E-state index contributed by atoms with van der Waals surface area (Å²) in [4.78, 5) is 16.6. The lowest BCUT2D eigenvalue weighted by atomic mass is 10.1. The fourth-order valence-corrected chi connectivity index (χ4v) is 3.30. The Morgan fingerprint density at radius 3 is 2.36 bits per heavy atom. The summed E-state index contributed by atoms with van der Waals surface area (Å²) >= 11 is 0. The van der Waals surface area contributed by atoms with Gasteiger partial charge < -0.3 is 14.7 Å². The fraction of sp³-hybridized carbons (Fsp3) is 0.364. The van der Waals surface area contributed by atoms with Gasteiger partial charge in [0.25, 0.3) is 5.91 Å². The first-order valence-electron chi connectivity index (χ1n) is 9.48. The van der Waals surface area contributed by atoms with Gasteiger partial charge in [-0.1, -0.05) is 30.3 Å². The molecule has 1 N–H and O–H groups in total. The van der Waals surface area contributed by atoms with Gasteiger partial charge in [-0.15, -0.1) is 0 Å². The van der Waals surface area contributed by atoms with Gasteiger partial charge in [-0.05, 0) is 36.8 Å². The third-order valence-corrected chi connectivity index (χ3v) is 4.94. The Morgan fingerprint density at radius 2 is 1.75 bits per heavy atom. The largest absolute Gasteiger partial charge is 0.481 e. The summed E-state index contributed by atoms with van der Waals surface area (Å²) in [5, 5.41) is 19.2. The van der Waals surface area contributed by atoms with Gasteiger partial charge in [0.2, 0.25) is 0 Å². The van der Waals surface area contributed by atoms with Crippen molar-refractivity contribution in [1.29, 1.82) is 5.26 Å². The molecule has 1 heterocycles. The highest BCUT2D eigenvalue weighted by Gasteiger charge is 2.27. The van der Waals surface area contributed by atoms with E-state index in [0.717, 1.165) is 18.7 Å². The highest BCUT2D eigenvalue weighted by atomic mass is 16.5. The molecule has 0 aliphatic carbocycles. The Hall–Kier alpha value is -2.88. The van der Waals surface area contributed by atoms with Crippen LogP contribution in [0.15, 0.2) is 54.6 Å². The maximum absolute atomic E-state index is 12.7. The normalized spacial score (nSPS) is 16.8. The molecule has 2 aromatic rings. The molecule has 6 heteroatoms. The number of ether oxygens (including phenoxy) is 1. The molecule has 0 radical (unpaired) electrons. The molecule has 3 rings (SSSR count). The average molecular weight is 379 g/mol. The van der Waals surface area contributed by atoms with Gasteiger partial charge in [0, 0.05) is 32.7 Å². The van der Waals surface area contributed by atoms with Crippen molar-refractivity contribution in [2.45, 2.75) is 19.1 Å². The molecule has 1 aliphatic heterocycles. The summed E-state index contributed by atoms with van der Waals surface area (Å²) in [6.07, 6.45) is -1.11. The second-order valence-corrected chi connectivity index (χ2v) is 6.95. The second-order valence-electron chi connectivity index (χ2n) is 6.95. The number of aliphatic hydroxyl groups excluding tert-OH is 1. The van der Waals surface area contributed by atoms with E-state index in [4.69, 9.17) is 10.00 Å². The molecule has 2 atom stereocenters. The average Bonchev–Trinajstić information content (AvgIpc) is 2.75. The smallest absolute Gasteiger partial charge is 0.263 e. The van der Waals surface area contributed by atoms with E-state index in [1.165, 1.54) is 0 Å². The number of rotatable bonds is 6. The van der Waals surface area contributed by atoms with Crippen molar-refractivity contribution in [3.05, 3.63) is 65.7 Å². The van der Waals surface area contributed by atoms with Crippen LogP contribution < -0.4 is 4.74 Å². The minimum atomic E-state index is -0.589. The third-order valence-electron chi connectivity index (χ3n) is 4.94. The predicted octanol–water partition coefficient (Wildman–Crippen LogP) is 2.20. The number of carbonyl (C=O) groups is 1. The lowest BCUT2D eigenvalue weighted by Crippen LogP contribution is -2.52. The van der Waals surface area contributed by atoms with Crippen molar-refractivity contribution in [2.75, 3.05) is 32.7 Å². The van der Waals surface area contributed by atoms with E-state index in [2.05, 4.69) is 11.0 Å². The van der Waals surface area contributed by atoms with Crippen LogP contribution in [0.25, 0.3) is 0 Å². The molecule has 0 saturated carbocycles. The maximum atomic E-state index is 12.7. The summed E-state index contributed by atoms with van der Waals surface area (Å²) in [7, 11) is 0. The standard InChI is InChI=1S/C22H25N3O3/c1-17(28-20-9-7-18(15-23)8-10-20)22(27)25-13-11-24(12-14-25)16-21(26)19-5-3-2-4-6-19/h2-10,17,21,26H,11-14,16H2,1H3. The number of piperazine rings is 1. The zero-order valence-electron chi connectivity index (χ0n) is 16.0. The van der Waals surface area contributed by atoms with Gasteiger partial charge in [0.05, 0.1) is 17.7 Å². The summed E-state index contributed by atoms with van der Waals surface area (Å²) in [6.45, 7) is 4.97. The van der Waals surface area contributed by atoms with Crippen LogP contribution in [0.2, 0.25) is 0 Å². The number of nitriles is 1. The molecule has 0 bridgehead atoms. The monoisotopic (exact) mass is 379 g/mol. The number of amides is 1. The first-order chi connectivity index (χ1) is 13.6. The van der Waals surface area contributed by atoms with Crippen LogP contribution >= 0.6 is 0 Å². The van der Waals surface area contributed by atoms with Gasteiger partial charge in [0.1, 0.15) is 5.75 Å². The predicted molar refractivity (Wildman–Crippen MR) is 106 cm³/mol. The van der Waals surface area contributed by atoms with Crippen LogP contribution in [0.4, 0.5) is 0 Å². The Morgan fingerprint density at radius 1 is 1.11 bits per heavy atom. The minimum Gasteiger partial charge on any atom is -0.481 e. The molecule has 6 nitrogen and oxygen atoms in total. The lowest BCUT2D eigenvalue weighted by molar-refractivity contribution is -0.139. The van der Waals surface area contributed by atoms with E-state index in [0.29, 0.717) is 30.9 Å². The van der Waals surface area contributed by atoms with Gasteiger partial charge in [-0.25, -0.2) is 0 Å². The van der Waals surface area contributed by atoms with Gasteiger partial charge in [0.15, 0.2) is 6.10 Å². The summed E-state index contributed by atoms with van der Waals surface area (Å²) in [5.41, 5.74) is 1.46. The van der Waals surface area contributed by atoms with E-state index in [9.17, 15) is 9.90 Å². The number of carbonyl (C=O) groups excluding carboxylic acids is 1. The zero-order chi connectivity index (χ0) is 19.9. The van der Waals surface area contributed by atoms with Crippen LogP contribution in [0, 0.1) is 11.3 Å². The van der Waals surface area contributed by atoms with Gasteiger partial charge in [-0.2, -0.15) is 5.26 Å². The van der Waals surface area contributed by atoms with E-state index in [1.807, 2.05) is 30.3 Å². The van der Waals surface area contributed by atoms with E-state index >= 15 is 0 Å². The van der Waals surface area contributed by atoms with Crippen LogP contribution in [-0.4, -0.2) is 59.6 Å². The first-order valence-corrected chi connectivity index (χ1v) is 9.48. The molecule has 0 spiro atoms. The molecule has 1 saturated heterocycles. The van der Waals surface area contributed by atoms with Crippen molar-refractivity contribution in [3.8, 4) is 11.8 Å². The Labute approximate surface area is 165 Å². The molecule has 1 fully saturated rings. The molecule has 146 valence electrons. The fourth-order valence-electron chi connectivity index (χ4n) is 3.30. The summed E-state index contributed by atoms with van der Waals surface area (Å²) in [5.74, 6) is 0.525. The Kier molecular flexibility index (Phi) is 6.64. The molecular weight excluding hydrogens is 354 g/mol. The molecule has 2 unspecified atom stereocenters. The third kappa shape index (κ3) is 5.10. The molecule has 2 aromatic carbocycles. The highest BCUT2D eigenvalue weighted by molar-refractivity contribution is 5.81. The Bertz CT molecular complexity index is 809. The van der Waals surface area contributed by atoms with E-state index in [1.54, 1.807) is 36.1 Å². The summed E-state index contributed by atoms with van der Waals surface area (Å²) in [6, 6.07) is 18.4. The zero-order valence-corrected chi connectivity index (χ0v) is 16.0. The van der Waals surface area contributed by atoms with Crippen molar-refractivity contribution >= 4 is 5.91 Å². The number of β-amino-alcohol motifs (C(OH)–C–C–N with tert-alkyl or cyclic N) is 1. The SMILES string of the molecule is CC(Oc1ccc(C#N)cc1)C(=O)N1CCN(CC(O)c2ccccc2)CC1. The molecule has 1 aliphatic rings. The van der Waals surface area contributed by atoms with Crippen LogP contribution in [-0.2, 0) is 4.79 Å². The number of nitrogens with zero attached hydrogens (tertiary/aromatic N) is 3. The Balaban J connectivity index is 1.47. The minimum absolute atomic E-state index is 0.0485. The highest BCUT2D eigenvalue weighted by Crippen LogP contribution is 2.17. The lowest BCUT2D eigenvalue weighted by Gasteiger charge is -2.36. The summed E-state index contributed by atoms with van der Waals surface area (Å²) < 4.78 is 5.72. The number of aliphatic hydroxyl groups is 1. The maximum Gasteiger partial charge on any atom is 0.263 e. The molecular formula is C22H25N3O3. The molecule has 1 amide bonds. The van der Waals surface area contributed by atoms with Crippen LogP contribution in [0.1, 0.15) is 24.2 Å². The van der Waals surface area contributed by atoms with E-state index in [-0.39, 0.29) is 5.91 Å². The van der Waals surface area contributed by atoms with Crippen molar-refractivity contribution in [1.82, 2.24) is 9.80 Å². The van der Waals surface area contributed by atoms with Crippen molar-refractivity contribution < 1.29 is 14.6 Å². The number of hydrogen-bond acceptors (Lipinski definition) is 5. The van der Waals surface area contributed by atoms with Gasteiger partial charge >= 0.3 is 0 Å². The van der Waals surface area contributed by atoms with Crippen LogP contribution in [0.5, 0.6) is 5.75 Å². The van der Waals surface area contributed by atoms with Crippen molar-refractivity contribution in [2.24, 2.45) is 0 Å². The van der Waals surface area contributed by atoms with Crippen molar-refractivity contribution in [3.63, 3.8) is 0 Å². The molecule has 0 aromatic heterocycles. The molecule has 28 heavy (non-hydrogen) atoms. The van der Waals surface area contributed by atoms with Crippen LogP contribution in [0.3, 0.4) is 0 Å². The first kappa shape index (κ1) is 19.9. The topological polar surface area (TPSA) is 76.8 Å². The number of hydrogen-bond donors (Lipinski definition) is 1. The second kappa shape index (κ2) is 9.36. The number of benzene rings is 2. The van der Waals surface area contributed by atoms with E-state index < -0.39 is 12.2 Å². The van der Waals surface area contributed by atoms with Gasteiger partial charge in [-0.3, -0.25) is 9.69 Å².